The van der Waals surface area contributed by atoms with E-state index in [1.165, 1.54) is 12.8 Å². The number of carboxylic acid groups (broad SMARTS) is 1. The Hall–Kier alpha value is -1.64. The second-order valence-electron chi connectivity index (χ2n) is 5.06. The van der Waals surface area contributed by atoms with E-state index in [-0.39, 0.29) is 6.42 Å². The fraction of sp³-hybridized carbons (Fsp3) is 0.556. The van der Waals surface area contributed by atoms with Gasteiger partial charge in [0, 0.05) is 6.42 Å². The molecule has 0 atom stereocenters. The van der Waals surface area contributed by atoms with E-state index in [1.54, 1.807) is 0 Å². The number of hydrogen-bond acceptors (Lipinski definition) is 2. The topological polar surface area (TPSA) is 54.4 Å². The first-order valence-corrected chi connectivity index (χ1v) is 7.93. The van der Waals surface area contributed by atoms with Gasteiger partial charge in [-0.15, -0.1) is 0 Å². The second-order valence-corrected chi connectivity index (χ2v) is 5.06. The van der Waals surface area contributed by atoms with E-state index in [1.807, 2.05) is 12.2 Å². The molecule has 0 bridgehead atoms. The third-order valence-corrected chi connectivity index (χ3v) is 3.09. The van der Waals surface area contributed by atoms with Crippen LogP contribution >= 0.6 is 0 Å². The van der Waals surface area contributed by atoms with E-state index in [2.05, 4.69) is 31.2 Å². The average Bonchev–Trinajstić information content (AvgIpc) is 2.47. The summed E-state index contributed by atoms with van der Waals surface area (Å²) < 4.78 is 0. The predicted octanol–water partition coefficient (Wildman–Crippen LogP) is 4.84. The van der Waals surface area contributed by atoms with Crippen molar-refractivity contribution in [2.75, 3.05) is 0 Å². The molecule has 0 radical (unpaired) electrons. The van der Waals surface area contributed by atoms with Crippen molar-refractivity contribution in [1.82, 2.24) is 0 Å². The molecule has 0 aliphatic rings. The van der Waals surface area contributed by atoms with Crippen LogP contribution in [0, 0.1) is 0 Å². The molecule has 0 unspecified atom stereocenters. The molecular formula is C18H28O3. The van der Waals surface area contributed by atoms with Crippen LogP contribution in [0.3, 0.4) is 0 Å². The molecule has 3 nitrogen and oxygen atoms in total. The summed E-state index contributed by atoms with van der Waals surface area (Å²) in [5.74, 6) is -1.99. The summed E-state index contributed by atoms with van der Waals surface area (Å²) in [6, 6.07) is 0. The molecule has 0 fully saturated rings. The Bertz CT molecular complexity index is 365. The van der Waals surface area contributed by atoms with Crippen LogP contribution in [0.1, 0.15) is 64.7 Å². The largest absolute Gasteiger partial charge is 0.476 e. The van der Waals surface area contributed by atoms with E-state index in [9.17, 15) is 9.59 Å². The number of carboxylic acids is 1. The minimum Gasteiger partial charge on any atom is -0.476 e. The van der Waals surface area contributed by atoms with Gasteiger partial charge in [0.25, 0.3) is 0 Å². The van der Waals surface area contributed by atoms with E-state index in [0.29, 0.717) is 6.42 Å². The lowest BCUT2D eigenvalue weighted by Gasteiger charge is -1.97. The van der Waals surface area contributed by atoms with Crippen molar-refractivity contribution >= 4 is 11.8 Å². The quantitative estimate of drug-likeness (QED) is 0.300. The summed E-state index contributed by atoms with van der Waals surface area (Å²) in [6.07, 6.45) is 21.1. The van der Waals surface area contributed by atoms with Gasteiger partial charge in [0.15, 0.2) is 0 Å². The lowest BCUT2D eigenvalue weighted by atomic mass is 10.1. The molecule has 0 amide bonds. The molecule has 0 heterocycles. The molecule has 0 saturated carbocycles. The first kappa shape index (κ1) is 19.4. The van der Waals surface area contributed by atoms with Crippen molar-refractivity contribution in [3.05, 3.63) is 36.5 Å². The van der Waals surface area contributed by atoms with Gasteiger partial charge in [0.2, 0.25) is 5.78 Å². The second kappa shape index (κ2) is 14.8. The van der Waals surface area contributed by atoms with E-state index in [0.717, 1.165) is 32.1 Å². The lowest BCUT2D eigenvalue weighted by molar-refractivity contribution is -0.149. The Balaban J connectivity index is 3.40. The SMILES string of the molecule is CCCC/C=C/C=C/C=C/CCCCCCC(=O)C(=O)O. The highest BCUT2D eigenvalue weighted by atomic mass is 16.4. The Morgan fingerprint density at radius 3 is 1.95 bits per heavy atom. The highest BCUT2D eigenvalue weighted by Crippen LogP contribution is 2.06. The monoisotopic (exact) mass is 292 g/mol. The van der Waals surface area contributed by atoms with Gasteiger partial charge >= 0.3 is 5.97 Å². The first-order valence-electron chi connectivity index (χ1n) is 7.93. The zero-order valence-corrected chi connectivity index (χ0v) is 13.1. The van der Waals surface area contributed by atoms with Gasteiger partial charge in [-0.25, -0.2) is 4.79 Å². The molecule has 0 aromatic rings. The highest BCUT2D eigenvalue weighted by Gasteiger charge is 2.09. The summed E-state index contributed by atoms with van der Waals surface area (Å²) >= 11 is 0. The summed E-state index contributed by atoms with van der Waals surface area (Å²) in [6.45, 7) is 2.19. The molecule has 0 aliphatic carbocycles. The molecule has 0 aliphatic heterocycles. The maximum absolute atomic E-state index is 10.8. The van der Waals surface area contributed by atoms with Gasteiger partial charge in [0.1, 0.15) is 0 Å². The predicted molar refractivity (Wildman–Crippen MR) is 87.3 cm³/mol. The molecule has 0 spiro atoms. The number of carbonyl (C=O) groups is 2. The van der Waals surface area contributed by atoms with Crippen molar-refractivity contribution in [3.63, 3.8) is 0 Å². The third-order valence-electron chi connectivity index (χ3n) is 3.09. The van der Waals surface area contributed by atoms with Crippen molar-refractivity contribution in [1.29, 1.82) is 0 Å². The van der Waals surface area contributed by atoms with Crippen LogP contribution < -0.4 is 0 Å². The van der Waals surface area contributed by atoms with Crippen molar-refractivity contribution < 1.29 is 14.7 Å². The number of Topliss-reactive ketones (excluding diaryl/α,β-unsaturated/α-hetero) is 1. The van der Waals surface area contributed by atoms with Gasteiger partial charge < -0.3 is 5.11 Å². The Morgan fingerprint density at radius 2 is 1.38 bits per heavy atom. The summed E-state index contributed by atoms with van der Waals surface area (Å²) in [5, 5.41) is 8.42. The van der Waals surface area contributed by atoms with E-state index >= 15 is 0 Å². The van der Waals surface area contributed by atoms with Crippen LogP contribution in [0.25, 0.3) is 0 Å². The average molecular weight is 292 g/mol. The van der Waals surface area contributed by atoms with Crippen LogP contribution in [-0.4, -0.2) is 16.9 Å². The molecule has 118 valence electrons. The van der Waals surface area contributed by atoms with E-state index in [4.69, 9.17) is 5.11 Å². The third kappa shape index (κ3) is 14.6. The lowest BCUT2D eigenvalue weighted by Crippen LogP contribution is -2.11. The summed E-state index contributed by atoms with van der Waals surface area (Å²) in [7, 11) is 0. The van der Waals surface area contributed by atoms with Crippen molar-refractivity contribution in [2.24, 2.45) is 0 Å². The van der Waals surface area contributed by atoms with Crippen LogP contribution in [-0.2, 0) is 9.59 Å². The van der Waals surface area contributed by atoms with Gasteiger partial charge in [-0.3, -0.25) is 4.79 Å². The van der Waals surface area contributed by atoms with Crippen LogP contribution in [0.4, 0.5) is 0 Å². The van der Waals surface area contributed by atoms with Crippen LogP contribution in [0.2, 0.25) is 0 Å². The Morgan fingerprint density at radius 1 is 0.810 bits per heavy atom. The van der Waals surface area contributed by atoms with Crippen molar-refractivity contribution in [2.45, 2.75) is 64.7 Å². The Labute approximate surface area is 128 Å². The maximum Gasteiger partial charge on any atom is 0.372 e. The molecule has 3 heteroatoms. The van der Waals surface area contributed by atoms with Gasteiger partial charge in [0.05, 0.1) is 0 Å². The van der Waals surface area contributed by atoms with Crippen molar-refractivity contribution in [3.8, 4) is 0 Å². The molecule has 1 N–H and O–H groups in total. The first-order chi connectivity index (χ1) is 10.2. The van der Waals surface area contributed by atoms with Gasteiger partial charge in [-0.05, 0) is 25.7 Å². The molecule has 0 aromatic carbocycles. The number of aliphatic carboxylic acids is 1. The fourth-order valence-electron chi connectivity index (χ4n) is 1.81. The van der Waals surface area contributed by atoms with Gasteiger partial charge in [-0.1, -0.05) is 69.1 Å². The van der Waals surface area contributed by atoms with Gasteiger partial charge in [-0.2, -0.15) is 0 Å². The standard InChI is InChI=1S/C18H28O3/c1-2-3-4-5-6-7-8-9-10-11-12-13-14-15-16-17(19)18(20)21/h5-10H,2-4,11-16H2,1H3,(H,20,21)/b6-5+,8-7+,10-9+. The zero-order valence-electron chi connectivity index (χ0n) is 13.1. The van der Waals surface area contributed by atoms with Crippen LogP contribution in [0.15, 0.2) is 36.5 Å². The highest BCUT2D eigenvalue weighted by molar-refractivity contribution is 6.32. The zero-order chi connectivity index (χ0) is 15.8. The maximum atomic E-state index is 10.8. The minimum atomic E-state index is -1.31. The van der Waals surface area contributed by atoms with E-state index < -0.39 is 11.8 Å². The normalized spacial score (nSPS) is 11.9. The molecule has 0 saturated heterocycles. The number of rotatable bonds is 13. The Kier molecular flexibility index (Phi) is 13.6. The molecule has 21 heavy (non-hydrogen) atoms. The smallest absolute Gasteiger partial charge is 0.372 e. The molecular weight excluding hydrogens is 264 g/mol. The number of allylic oxidation sites excluding steroid dienone is 6. The number of hydrogen-bond donors (Lipinski definition) is 1. The number of carbonyl (C=O) groups excluding carboxylic acids is 1. The summed E-state index contributed by atoms with van der Waals surface area (Å²) in [4.78, 5) is 21.1. The molecule has 0 aromatic heterocycles. The molecule has 0 rings (SSSR count). The number of unbranched alkanes of at least 4 members (excludes halogenated alkanes) is 6. The summed E-state index contributed by atoms with van der Waals surface area (Å²) in [5.41, 5.74) is 0. The van der Waals surface area contributed by atoms with Crippen LogP contribution in [0.5, 0.6) is 0 Å². The minimum absolute atomic E-state index is 0.165. The fourth-order valence-corrected chi connectivity index (χ4v) is 1.81. The number of ketones is 1.